The Morgan fingerprint density at radius 1 is 1.38 bits per heavy atom. The minimum absolute atomic E-state index is 0.0913. The zero-order valence-corrected chi connectivity index (χ0v) is 12.1. The van der Waals surface area contributed by atoms with Gasteiger partial charge in [-0.3, -0.25) is 24.0 Å². The van der Waals surface area contributed by atoms with Crippen molar-refractivity contribution in [3.05, 3.63) is 33.1 Å². The van der Waals surface area contributed by atoms with Crippen LogP contribution in [0.2, 0.25) is 0 Å². The monoisotopic (exact) mass is 301 g/mol. The van der Waals surface area contributed by atoms with Crippen LogP contribution >= 0.6 is 0 Å². The van der Waals surface area contributed by atoms with Crippen LogP contribution in [0, 0.1) is 0 Å². The molecule has 118 valence electrons. The van der Waals surface area contributed by atoms with Crippen molar-refractivity contribution in [2.45, 2.75) is 25.7 Å². The van der Waals surface area contributed by atoms with Crippen molar-refractivity contribution in [2.75, 3.05) is 20.8 Å². The van der Waals surface area contributed by atoms with Gasteiger partial charge in [0.25, 0.3) is 5.56 Å². The summed E-state index contributed by atoms with van der Waals surface area (Å²) in [5.74, 6) is -0.329. The summed E-state index contributed by atoms with van der Waals surface area (Å²) in [7, 11) is 2.91. The van der Waals surface area contributed by atoms with Gasteiger partial charge in [-0.1, -0.05) is 0 Å². The molecule has 1 aromatic heterocycles. The van der Waals surface area contributed by atoms with Crippen LogP contribution in [-0.2, 0) is 19.1 Å². The quantitative estimate of drug-likeness (QED) is 0.605. The molecule has 2 unspecified atom stereocenters. The third-order valence-electron chi connectivity index (χ3n) is 2.72. The Morgan fingerprint density at radius 2 is 2.10 bits per heavy atom. The number of methoxy groups -OCH3 is 2. The van der Waals surface area contributed by atoms with E-state index in [1.54, 1.807) is 0 Å². The lowest BCUT2D eigenvalue weighted by Gasteiger charge is -2.22. The molecule has 0 aliphatic rings. The van der Waals surface area contributed by atoms with E-state index in [0.29, 0.717) is 6.42 Å². The number of rotatable bonds is 8. The molecule has 1 heterocycles. The van der Waals surface area contributed by atoms with Gasteiger partial charge in [-0.05, 0) is 0 Å². The molecule has 0 aliphatic heterocycles. The molecule has 0 saturated heterocycles. The highest BCUT2D eigenvalue weighted by molar-refractivity contribution is 5.71. The maximum Gasteiger partial charge on any atom is 0.330 e. The van der Waals surface area contributed by atoms with E-state index in [1.165, 1.54) is 38.0 Å². The van der Waals surface area contributed by atoms with Gasteiger partial charge in [0.1, 0.15) is 12.8 Å². The van der Waals surface area contributed by atoms with Crippen LogP contribution < -0.4 is 16.7 Å². The van der Waals surface area contributed by atoms with E-state index >= 15 is 0 Å². The molecule has 9 heteroatoms. The number of aromatic nitrogens is 2. The summed E-state index contributed by atoms with van der Waals surface area (Å²) >= 11 is 0. The molecule has 2 atom stereocenters. The van der Waals surface area contributed by atoms with E-state index in [-0.39, 0.29) is 12.5 Å². The number of carbonyl (C=O) groups excluding carboxylic acids is 1. The van der Waals surface area contributed by atoms with Crippen LogP contribution in [0.25, 0.3) is 0 Å². The predicted octanol–water partition coefficient (Wildman–Crippen LogP) is -0.846. The predicted molar refractivity (Wildman–Crippen MR) is 72.6 cm³/mol. The number of nitrogens with zero attached hydrogens (tertiary/aromatic N) is 1. The second-order valence-corrected chi connectivity index (χ2v) is 4.27. The van der Waals surface area contributed by atoms with Crippen LogP contribution in [-0.4, -0.2) is 42.4 Å². The molecule has 0 fully saturated rings. The van der Waals surface area contributed by atoms with Gasteiger partial charge in [0.2, 0.25) is 5.91 Å². The number of hydroxylamine groups is 1. The molecule has 1 aromatic rings. The van der Waals surface area contributed by atoms with Crippen molar-refractivity contribution >= 4 is 5.91 Å². The van der Waals surface area contributed by atoms with Gasteiger partial charge in [0.15, 0.2) is 0 Å². The van der Waals surface area contributed by atoms with Crippen molar-refractivity contribution in [2.24, 2.45) is 0 Å². The van der Waals surface area contributed by atoms with Gasteiger partial charge in [-0.2, -0.15) is 0 Å². The largest absolute Gasteiger partial charge is 0.379 e. The van der Waals surface area contributed by atoms with Gasteiger partial charge in [0.05, 0.1) is 6.10 Å². The first-order valence-electron chi connectivity index (χ1n) is 6.23. The van der Waals surface area contributed by atoms with Crippen molar-refractivity contribution < 1.29 is 19.1 Å². The van der Waals surface area contributed by atoms with Crippen molar-refractivity contribution in [3.63, 3.8) is 0 Å². The molecule has 2 N–H and O–H groups in total. The summed E-state index contributed by atoms with van der Waals surface area (Å²) in [6.07, 6.45) is 0.579. The van der Waals surface area contributed by atoms with Gasteiger partial charge in [-0.25, -0.2) is 10.3 Å². The Balaban J connectivity index is 2.72. The van der Waals surface area contributed by atoms with Crippen LogP contribution in [0.3, 0.4) is 0 Å². The average molecular weight is 301 g/mol. The summed E-state index contributed by atoms with van der Waals surface area (Å²) in [6.45, 7) is 1.41. The van der Waals surface area contributed by atoms with Gasteiger partial charge >= 0.3 is 5.69 Å². The lowest BCUT2D eigenvalue weighted by atomic mass is 10.2. The second kappa shape index (κ2) is 8.35. The number of nitrogens with one attached hydrogen (secondary N) is 2. The Hall–Kier alpha value is -1.97. The number of amides is 1. The molecule has 0 aromatic carbocycles. The van der Waals surface area contributed by atoms with Crippen molar-refractivity contribution in [1.29, 1.82) is 0 Å². The average Bonchev–Trinajstić information content (AvgIpc) is 2.43. The topological polar surface area (TPSA) is 112 Å². The van der Waals surface area contributed by atoms with E-state index in [4.69, 9.17) is 14.3 Å². The second-order valence-electron chi connectivity index (χ2n) is 4.27. The summed E-state index contributed by atoms with van der Waals surface area (Å²) in [5.41, 5.74) is 1.12. The Labute approximate surface area is 120 Å². The number of hydrogen-bond acceptors (Lipinski definition) is 6. The van der Waals surface area contributed by atoms with Gasteiger partial charge < -0.3 is 9.47 Å². The lowest BCUT2D eigenvalue weighted by molar-refractivity contribution is -0.135. The van der Waals surface area contributed by atoms with Crippen LogP contribution in [0.4, 0.5) is 0 Å². The highest BCUT2D eigenvalue weighted by atomic mass is 16.7. The first kappa shape index (κ1) is 17.1. The number of carbonyl (C=O) groups is 1. The number of H-pyrrole nitrogens is 1. The first-order chi connectivity index (χ1) is 9.97. The first-order valence-corrected chi connectivity index (χ1v) is 6.23. The Kier molecular flexibility index (Phi) is 6.79. The molecule has 0 bridgehead atoms. The van der Waals surface area contributed by atoms with E-state index in [1.807, 2.05) is 0 Å². The van der Waals surface area contributed by atoms with Gasteiger partial charge in [0, 0.05) is 39.8 Å². The smallest absolute Gasteiger partial charge is 0.330 e. The minimum Gasteiger partial charge on any atom is -0.379 e. The van der Waals surface area contributed by atoms with Crippen molar-refractivity contribution in [1.82, 2.24) is 15.0 Å². The van der Waals surface area contributed by atoms with E-state index in [2.05, 4.69) is 10.5 Å². The minimum atomic E-state index is -0.639. The fraction of sp³-hybridized carbons (Fsp3) is 0.583. The number of ether oxygens (including phenoxy) is 2. The summed E-state index contributed by atoms with van der Waals surface area (Å²) < 4.78 is 11.7. The van der Waals surface area contributed by atoms with Crippen LogP contribution in [0.15, 0.2) is 21.9 Å². The van der Waals surface area contributed by atoms with Crippen LogP contribution in [0.5, 0.6) is 0 Å². The lowest BCUT2D eigenvalue weighted by Crippen LogP contribution is -2.35. The normalized spacial score (nSPS) is 13.7. The highest BCUT2D eigenvalue weighted by Crippen LogP contribution is 2.14. The molecule has 9 nitrogen and oxygen atoms in total. The Morgan fingerprint density at radius 3 is 2.62 bits per heavy atom. The van der Waals surface area contributed by atoms with Crippen LogP contribution in [0.1, 0.15) is 19.6 Å². The molecule has 0 saturated carbocycles. The molecule has 21 heavy (non-hydrogen) atoms. The Bertz CT molecular complexity index is 567. The molecular weight excluding hydrogens is 282 g/mol. The summed E-state index contributed by atoms with van der Waals surface area (Å²) in [5, 5.41) is 0. The van der Waals surface area contributed by atoms with E-state index in [9.17, 15) is 14.4 Å². The summed E-state index contributed by atoms with van der Waals surface area (Å²) in [4.78, 5) is 40.6. The number of aromatic amines is 1. The van der Waals surface area contributed by atoms with E-state index < -0.39 is 23.6 Å². The number of hydrogen-bond donors (Lipinski definition) is 2. The van der Waals surface area contributed by atoms with Crippen molar-refractivity contribution in [3.8, 4) is 0 Å². The highest BCUT2D eigenvalue weighted by Gasteiger charge is 2.19. The third kappa shape index (κ3) is 5.50. The van der Waals surface area contributed by atoms with E-state index in [0.717, 1.165) is 0 Å². The molecule has 1 amide bonds. The molecule has 0 radical (unpaired) electrons. The fourth-order valence-corrected chi connectivity index (χ4v) is 1.67. The maximum absolute atomic E-state index is 11.7. The fourth-order valence-electron chi connectivity index (χ4n) is 1.67. The maximum atomic E-state index is 11.7. The standard InChI is InChI=1S/C12H19N3O6/c1-8(16)14-21-7-9(19-2)6-11(20-3)15-5-4-10(17)13-12(15)18/h4-5,9,11H,6-7H2,1-3H3,(H,14,16)(H,13,17,18). The zero-order chi connectivity index (χ0) is 15.8. The summed E-state index contributed by atoms with van der Waals surface area (Å²) in [6, 6.07) is 1.23. The van der Waals surface area contributed by atoms with Gasteiger partial charge in [-0.15, -0.1) is 0 Å². The zero-order valence-electron chi connectivity index (χ0n) is 12.1. The SMILES string of the molecule is COC(CONC(C)=O)CC(OC)n1ccc(=O)[nH]c1=O. The molecule has 0 aliphatic carbocycles. The molecule has 1 rings (SSSR count). The molecule has 0 spiro atoms. The molecular formula is C12H19N3O6. The third-order valence-corrected chi connectivity index (χ3v) is 2.72.